The van der Waals surface area contributed by atoms with Gasteiger partial charge >= 0.3 is 0 Å². The topological polar surface area (TPSA) is 60.4 Å². The van der Waals surface area contributed by atoms with Gasteiger partial charge in [0.1, 0.15) is 24.2 Å². The second-order valence-corrected chi connectivity index (χ2v) is 8.67. The molecule has 1 N–H and O–H groups in total. The van der Waals surface area contributed by atoms with Crippen LogP contribution in [0, 0.1) is 5.82 Å². The molecule has 0 spiro atoms. The summed E-state index contributed by atoms with van der Waals surface area (Å²) in [6.07, 6.45) is 0.976. The molecule has 3 aliphatic rings. The van der Waals surface area contributed by atoms with Gasteiger partial charge in [0.2, 0.25) is 0 Å². The number of carbonyl (C=O) groups is 1. The summed E-state index contributed by atoms with van der Waals surface area (Å²) in [6.45, 7) is 7.00. The Hall–Kier alpha value is -3.13. The molecular formula is C24H28FN5O2. The minimum atomic E-state index is -0.410. The zero-order valence-corrected chi connectivity index (χ0v) is 18.6. The first-order valence-electron chi connectivity index (χ1n) is 11.1. The number of halogens is 1. The summed E-state index contributed by atoms with van der Waals surface area (Å²) in [7, 11) is 2.13. The SMILES string of the molecule is CCC1CN(C)CCN1c1cc2c(cc1-c1ccccc1F)OCC1=NNC(=O)C(C)N12. The van der Waals surface area contributed by atoms with E-state index in [1.807, 2.05) is 30.0 Å². The lowest BCUT2D eigenvalue weighted by Crippen LogP contribution is -2.55. The Morgan fingerprint density at radius 1 is 1.19 bits per heavy atom. The summed E-state index contributed by atoms with van der Waals surface area (Å²) < 4.78 is 20.9. The number of carbonyl (C=O) groups excluding carboxylic acids is 1. The van der Waals surface area contributed by atoms with Crippen molar-refractivity contribution in [2.24, 2.45) is 5.10 Å². The van der Waals surface area contributed by atoms with E-state index in [2.05, 4.69) is 40.4 Å². The summed E-state index contributed by atoms with van der Waals surface area (Å²) in [5.74, 6) is 0.876. The number of ether oxygens (including phenoxy) is 1. The summed E-state index contributed by atoms with van der Waals surface area (Å²) in [6, 6.07) is 10.7. The quantitative estimate of drug-likeness (QED) is 0.800. The minimum absolute atomic E-state index is 0.160. The van der Waals surface area contributed by atoms with Gasteiger partial charge in [-0.1, -0.05) is 25.1 Å². The first-order chi connectivity index (χ1) is 15.5. The van der Waals surface area contributed by atoms with E-state index in [1.54, 1.807) is 6.07 Å². The molecule has 2 unspecified atom stereocenters. The number of rotatable bonds is 3. The second kappa shape index (κ2) is 8.09. The maximum absolute atomic E-state index is 14.9. The number of hydrogen-bond acceptors (Lipinski definition) is 6. The van der Waals surface area contributed by atoms with Gasteiger partial charge in [0.15, 0.2) is 5.84 Å². The molecule has 2 aromatic carbocycles. The zero-order chi connectivity index (χ0) is 22.4. The van der Waals surface area contributed by atoms with Gasteiger partial charge in [0.05, 0.1) is 5.69 Å². The highest BCUT2D eigenvalue weighted by Gasteiger charge is 2.37. The number of piperazine rings is 1. The minimum Gasteiger partial charge on any atom is -0.483 e. The molecule has 0 bridgehead atoms. The van der Waals surface area contributed by atoms with Crippen molar-refractivity contribution in [3.63, 3.8) is 0 Å². The van der Waals surface area contributed by atoms with Crippen LogP contribution in [0.1, 0.15) is 20.3 Å². The van der Waals surface area contributed by atoms with E-state index in [0.717, 1.165) is 43.0 Å². The summed E-state index contributed by atoms with van der Waals surface area (Å²) in [4.78, 5) is 19.0. The van der Waals surface area contributed by atoms with Crippen molar-refractivity contribution < 1.29 is 13.9 Å². The summed E-state index contributed by atoms with van der Waals surface area (Å²) in [5, 5.41) is 4.20. The molecule has 5 rings (SSSR count). The van der Waals surface area contributed by atoms with Gasteiger partial charge in [0.25, 0.3) is 5.91 Å². The molecule has 1 amide bonds. The molecule has 0 radical (unpaired) electrons. The van der Waals surface area contributed by atoms with Gasteiger partial charge in [-0.15, -0.1) is 0 Å². The highest BCUT2D eigenvalue weighted by molar-refractivity contribution is 6.10. The van der Waals surface area contributed by atoms with Crippen LogP contribution in [0.15, 0.2) is 41.5 Å². The maximum Gasteiger partial charge on any atom is 0.262 e. The number of amides is 1. The summed E-state index contributed by atoms with van der Waals surface area (Å²) >= 11 is 0. The first kappa shape index (κ1) is 20.8. The monoisotopic (exact) mass is 437 g/mol. The highest BCUT2D eigenvalue weighted by Crippen LogP contribution is 2.45. The van der Waals surface area contributed by atoms with Crippen molar-refractivity contribution in [1.82, 2.24) is 10.3 Å². The van der Waals surface area contributed by atoms with Crippen LogP contribution in [-0.4, -0.2) is 62.0 Å². The number of hydrazone groups is 1. The van der Waals surface area contributed by atoms with E-state index in [-0.39, 0.29) is 18.3 Å². The Morgan fingerprint density at radius 3 is 2.78 bits per heavy atom. The predicted octanol–water partition coefficient (Wildman–Crippen LogP) is 3.05. The Labute approximate surface area is 187 Å². The van der Waals surface area contributed by atoms with Crippen LogP contribution < -0.4 is 20.0 Å². The lowest BCUT2D eigenvalue weighted by atomic mass is 9.97. The predicted molar refractivity (Wildman–Crippen MR) is 124 cm³/mol. The Bertz CT molecular complexity index is 1090. The number of hydrogen-bond donors (Lipinski definition) is 1. The fourth-order valence-corrected chi connectivity index (χ4v) is 4.87. The van der Waals surface area contributed by atoms with Gasteiger partial charge in [-0.2, -0.15) is 5.10 Å². The third-order valence-electron chi connectivity index (χ3n) is 6.66. The number of likely N-dealkylation sites (N-methyl/N-ethyl adjacent to an activating group) is 1. The van der Waals surface area contributed by atoms with E-state index in [9.17, 15) is 9.18 Å². The number of nitrogens with one attached hydrogen (secondary N) is 1. The van der Waals surface area contributed by atoms with Crippen molar-refractivity contribution in [1.29, 1.82) is 0 Å². The van der Waals surface area contributed by atoms with E-state index < -0.39 is 6.04 Å². The van der Waals surface area contributed by atoms with E-state index in [0.29, 0.717) is 23.2 Å². The van der Waals surface area contributed by atoms with Crippen molar-refractivity contribution in [3.05, 3.63) is 42.2 Å². The number of fused-ring (bicyclic) bond motifs is 3. The third-order valence-corrected chi connectivity index (χ3v) is 6.66. The van der Waals surface area contributed by atoms with Crippen LogP contribution in [0.4, 0.5) is 15.8 Å². The van der Waals surface area contributed by atoms with Crippen LogP contribution in [0.3, 0.4) is 0 Å². The lowest BCUT2D eigenvalue weighted by molar-refractivity contribution is -0.122. The molecule has 1 fully saturated rings. The van der Waals surface area contributed by atoms with Gasteiger partial charge < -0.3 is 19.4 Å². The molecule has 2 aromatic rings. The molecule has 3 heterocycles. The zero-order valence-electron chi connectivity index (χ0n) is 18.6. The smallest absolute Gasteiger partial charge is 0.262 e. The molecular weight excluding hydrogens is 409 g/mol. The van der Waals surface area contributed by atoms with Crippen LogP contribution in [0.5, 0.6) is 5.75 Å². The van der Waals surface area contributed by atoms with Crippen molar-refractivity contribution in [2.45, 2.75) is 32.4 Å². The molecule has 0 saturated carbocycles. The van der Waals surface area contributed by atoms with Gasteiger partial charge in [-0.25, -0.2) is 9.82 Å². The van der Waals surface area contributed by atoms with Crippen molar-refractivity contribution in [3.8, 4) is 16.9 Å². The van der Waals surface area contributed by atoms with Crippen LogP contribution in [0.25, 0.3) is 11.1 Å². The van der Waals surface area contributed by atoms with Crippen molar-refractivity contribution >= 4 is 23.1 Å². The molecule has 168 valence electrons. The van der Waals surface area contributed by atoms with E-state index >= 15 is 0 Å². The number of anilines is 2. The molecule has 2 atom stereocenters. The standard InChI is InChI=1S/C24H28FN5O2/c1-4-16-13-28(3)9-10-29(16)20-12-21-22(11-18(20)17-7-5-6-8-19(17)25)32-14-23-26-27-24(31)15(2)30(21)23/h5-8,11-12,15-16H,4,9-10,13-14H2,1-3H3,(H,27,31). The Balaban J connectivity index is 1.70. The Morgan fingerprint density at radius 2 is 2.00 bits per heavy atom. The fourth-order valence-electron chi connectivity index (χ4n) is 4.87. The highest BCUT2D eigenvalue weighted by atomic mass is 19.1. The molecule has 1 saturated heterocycles. The average molecular weight is 438 g/mol. The van der Waals surface area contributed by atoms with E-state index in [4.69, 9.17) is 4.74 Å². The summed E-state index contributed by atoms with van der Waals surface area (Å²) in [5.41, 5.74) is 5.67. The van der Waals surface area contributed by atoms with Crippen LogP contribution in [0.2, 0.25) is 0 Å². The number of benzene rings is 2. The Kier molecular flexibility index (Phi) is 5.25. The molecule has 0 aromatic heterocycles. The molecule has 8 heteroatoms. The third kappa shape index (κ3) is 3.39. The second-order valence-electron chi connectivity index (χ2n) is 8.67. The molecule has 32 heavy (non-hydrogen) atoms. The molecule has 7 nitrogen and oxygen atoms in total. The first-order valence-corrected chi connectivity index (χ1v) is 11.1. The number of amidine groups is 1. The maximum atomic E-state index is 14.9. The van der Waals surface area contributed by atoms with Crippen LogP contribution in [-0.2, 0) is 4.79 Å². The normalized spacial score (nSPS) is 23.1. The molecule has 0 aliphatic carbocycles. The average Bonchev–Trinajstić information content (AvgIpc) is 2.80. The van der Waals surface area contributed by atoms with Crippen molar-refractivity contribution in [2.75, 3.05) is 43.1 Å². The van der Waals surface area contributed by atoms with Gasteiger partial charge in [-0.05, 0) is 38.6 Å². The van der Waals surface area contributed by atoms with Gasteiger partial charge in [-0.3, -0.25) is 4.79 Å². The fraction of sp³-hybridized carbons (Fsp3) is 0.417. The van der Waals surface area contributed by atoms with E-state index in [1.165, 1.54) is 6.07 Å². The van der Waals surface area contributed by atoms with Crippen LogP contribution >= 0.6 is 0 Å². The lowest BCUT2D eigenvalue weighted by Gasteiger charge is -2.44. The molecule has 3 aliphatic heterocycles. The largest absolute Gasteiger partial charge is 0.483 e. The van der Waals surface area contributed by atoms with Gasteiger partial charge in [0, 0.05) is 42.5 Å². The number of nitrogens with zero attached hydrogens (tertiary/aromatic N) is 4.